The van der Waals surface area contributed by atoms with Crippen molar-refractivity contribution < 1.29 is 4.79 Å². The molecule has 0 atom stereocenters. The molecular formula is C18H29N3O. The number of nitrogens with one attached hydrogen (secondary N) is 1. The van der Waals surface area contributed by atoms with Gasteiger partial charge in [0.05, 0.1) is 6.21 Å². The first-order valence-electron chi connectivity index (χ1n) is 8.55. The summed E-state index contributed by atoms with van der Waals surface area (Å²) in [5.74, 6) is -0.00625. The van der Waals surface area contributed by atoms with Crippen LogP contribution in [-0.2, 0) is 4.79 Å². The number of unbranched alkanes of at least 4 members (excludes halogenated alkanes) is 8. The second kappa shape index (κ2) is 13.0. The fourth-order valence-corrected chi connectivity index (χ4v) is 2.28. The highest BCUT2D eigenvalue weighted by atomic mass is 16.2. The topological polar surface area (TPSA) is 54.4 Å². The molecule has 0 radical (unpaired) electrons. The minimum atomic E-state index is -0.00625. The Kier molecular flexibility index (Phi) is 10.8. The fourth-order valence-electron chi connectivity index (χ4n) is 2.28. The van der Waals surface area contributed by atoms with Crippen LogP contribution >= 0.6 is 0 Å². The summed E-state index contributed by atoms with van der Waals surface area (Å²) in [5.41, 5.74) is 3.50. The summed E-state index contributed by atoms with van der Waals surface area (Å²) < 4.78 is 0. The number of amides is 1. The van der Waals surface area contributed by atoms with Gasteiger partial charge in [0.25, 0.3) is 0 Å². The molecule has 0 aliphatic carbocycles. The van der Waals surface area contributed by atoms with Gasteiger partial charge in [0.2, 0.25) is 5.91 Å². The second-order valence-corrected chi connectivity index (χ2v) is 5.65. The first kappa shape index (κ1) is 18.3. The molecule has 1 amide bonds. The Hall–Kier alpha value is -1.71. The van der Waals surface area contributed by atoms with Gasteiger partial charge in [-0.1, -0.05) is 58.3 Å². The molecule has 1 rings (SSSR count). The van der Waals surface area contributed by atoms with E-state index in [0.717, 1.165) is 18.4 Å². The second-order valence-electron chi connectivity index (χ2n) is 5.65. The van der Waals surface area contributed by atoms with Crippen molar-refractivity contribution in [3.63, 3.8) is 0 Å². The molecule has 22 heavy (non-hydrogen) atoms. The maximum absolute atomic E-state index is 11.6. The van der Waals surface area contributed by atoms with Crippen LogP contribution in [-0.4, -0.2) is 17.1 Å². The lowest BCUT2D eigenvalue weighted by atomic mass is 10.1. The molecule has 4 nitrogen and oxygen atoms in total. The molecule has 0 aliphatic rings. The van der Waals surface area contributed by atoms with Gasteiger partial charge in [-0.25, -0.2) is 5.43 Å². The van der Waals surface area contributed by atoms with E-state index in [2.05, 4.69) is 22.4 Å². The van der Waals surface area contributed by atoms with Crippen LogP contribution in [0.4, 0.5) is 0 Å². The average Bonchev–Trinajstić information content (AvgIpc) is 2.54. The van der Waals surface area contributed by atoms with Crippen molar-refractivity contribution in [1.82, 2.24) is 10.4 Å². The number of pyridine rings is 1. The Balaban J connectivity index is 1.94. The summed E-state index contributed by atoms with van der Waals surface area (Å²) in [7, 11) is 0. The van der Waals surface area contributed by atoms with Crippen molar-refractivity contribution in [2.45, 2.75) is 71.1 Å². The number of rotatable bonds is 12. The van der Waals surface area contributed by atoms with Crippen LogP contribution in [0, 0.1) is 0 Å². The zero-order chi connectivity index (χ0) is 15.9. The standard InChI is InChI=1S/C18H29N3O/c1-2-3-4-5-6-7-8-9-10-11-18(22)21-20-16-17-12-14-19-15-13-17/h12-16H,2-11H2,1H3,(H,21,22). The monoisotopic (exact) mass is 303 g/mol. The van der Waals surface area contributed by atoms with Gasteiger partial charge in [-0.15, -0.1) is 0 Å². The van der Waals surface area contributed by atoms with Crippen LogP contribution in [0.5, 0.6) is 0 Å². The first-order valence-corrected chi connectivity index (χ1v) is 8.55. The number of hydrogen-bond donors (Lipinski definition) is 1. The molecule has 122 valence electrons. The maximum Gasteiger partial charge on any atom is 0.240 e. The SMILES string of the molecule is CCCCCCCCCCCC(=O)NN=Cc1ccncc1. The predicted octanol–water partition coefficient (Wildman–Crippen LogP) is 4.45. The number of hydrazone groups is 1. The van der Waals surface area contributed by atoms with Gasteiger partial charge < -0.3 is 0 Å². The van der Waals surface area contributed by atoms with E-state index in [1.54, 1.807) is 18.6 Å². The van der Waals surface area contributed by atoms with Crippen molar-refractivity contribution in [2.75, 3.05) is 0 Å². The molecule has 1 aromatic heterocycles. The van der Waals surface area contributed by atoms with E-state index in [-0.39, 0.29) is 5.91 Å². The highest BCUT2D eigenvalue weighted by molar-refractivity contribution is 5.82. The Morgan fingerprint density at radius 1 is 1.05 bits per heavy atom. The molecule has 1 heterocycles. The van der Waals surface area contributed by atoms with E-state index in [4.69, 9.17) is 0 Å². The van der Waals surface area contributed by atoms with Crippen LogP contribution in [0.3, 0.4) is 0 Å². The highest BCUT2D eigenvalue weighted by Crippen LogP contribution is 2.10. The van der Waals surface area contributed by atoms with E-state index < -0.39 is 0 Å². The number of carbonyl (C=O) groups excluding carboxylic acids is 1. The van der Waals surface area contributed by atoms with Crippen LogP contribution in [0.25, 0.3) is 0 Å². The molecule has 0 saturated carbocycles. The largest absolute Gasteiger partial charge is 0.273 e. The average molecular weight is 303 g/mol. The zero-order valence-electron chi connectivity index (χ0n) is 13.8. The lowest BCUT2D eigenvalue weighted by Gasteiger charge is -2.02. The van der Waals surface area contributed by atoms with E-state index in [1.165, 1.54) is 44.9 Å². The number of aromatic nitrogens is 1. The van der Waals surface area contributed by atoms with Crippen LogP contribution in [0.15, 0.2) is 29.6 Å². The zero-order valence-corrected chi connectivity index (χ0v) is 13.8. The molecule has 0 unspecified atom stereocenters. The first-order chi connectivity index (χ1) is 10.8. The number of hydrogen-bond acceptors (Lipinski definition) is 3. The summed E-state index contributed by atoms with van der Waals surface area (Å²) in [4.78, 5) is 15.5. The lowest BCUT2D eigenvalue weighted by Crippen LogP contribution is -2.16. The highest BCUT2D eigenvalue weighted by Gasteiger charge is 1.99. The number of carbonyl (C=O) groups is 1. The normalized spacial score (nSPS) is 11.0. The molecule has 1 aromatic rings. The van der Waals surface area contributed by atoms with Crippen LogP contribution < -0.4 is 5.43 Å². The summed E-state index contributed by atoms with van der Waals surface area (Å²) in [6.45, 7) is 2.24. The molecule has 1 N–H and O–H groups in total. The van der Waals surface area contributed by atoms with E-state index in [1.807, 2.05) is 12.1 Å². The molecule has 0 fully saturated rings. The Morgan fingerprint density at radius 2 is 1.64 bits per heavy atom. The van der Waals surface area contributed by atoms with Crippen molar-refractivity contribution in [1.29, 1.82) is 0 Å². The van der Waals surface area contributed by atoms with Crippen molar-refractivity contribution in [3.05, 3.63) is 30.1 Å². The van der Waals surface area contributed by atoms with Crippen molar-refractivity contribution in [3.8, 4) is 0 Å². The molecule has 0 saturated heterocycles. The lowest BCUT2D eigenvalue weighted by molar-refractivity contribution is -0.121. The van der Waals surface area contributed by atoms with Gasteiger partial charge in [-0.2, -0.15) is 5.10 Å². The fraction of sp³-hybridized carbons (Fsp3) is 0.611. The minimum absolute atomic E-state index is 0.00625. The predicted molar refractivity (Wildman–Crippen MR) is 91.8 cm³/mol. The van der Waals surface area contributed by atoms with Gasteiger partial charge >= 0.3 is 0 Å². The van der Waals surface area contributed by atoms with Gasteiger partial charge in [0.15, 0.2) is 0 Å². The summed E-state index contributed by atoms with van der Waals surface area (Å²) in [5, 5.41) is 3.95. The van der Waals surface area contributed by atoms with Gasteiger partial charge in [-0.3, -0.25) is 9.78 Å². The van der Waals surface area contributed by atoms with E-state index in [0.29, 0.717) is 6.42 Å². The third kappa shape index (κ3) is 10.1. The van der Waals surface area contributed by atoms with Gasteiger partial charge in [-0.05, 0) is 24.1 Å². The molecular weight excluding hydrogens is 274 g/mol. The van der Waals surface area contributed by atoms with Crippen LogP contribution in [0.1, 0.15) is 76.7 Å². The maximum atomic E-state index is 11.6. The van der Waals surface area contributed by atoms with E-state index >= 15 is 0 Å². The van der Waals surface area contributed by atoms with E-state index in [9.17, 15) is 4.79 Å². The molecule has 4 heteroatoms. The quantitative estimate of drug-likeness (QED) is 0.352. The van der Waals surface area contributed by atoms with Gasteiger partial charge in [0.1, 0.15) is 0 Å². The Labute approximate surface area is 134 Å². The van der Waals surface area contributed by atoms with Crippen molar-refractivity contribution >= 4 is 12.1 Å². The molecule has 0 bridgehead atoms. The van der Waals surface area contributed by atoms with Crippen LogP contribution in [0.2, 0.25) is 0 Å². The Morgan fingerprint density at radius 3 is 2.27 bits per heavy atom. The number of nitrogens with zero attached hydrogens (tertiary/aromatic N) is 2. The summed E-state index contributed by atoms with van der Waals surface area (Å²) in [6, 6.07) is 3.69. The molecule has 0 spiro atoms. The third-order valence-corrected chi connectivity index (χ3v) is 3.62. The summed E-state index contributed by atoms with van der Waals surface area (Å²) >= 11 is 0. The third-order valence-electron chi connectivity index (χ3n) is 3.62. The summed E-state index contributed by atoms with van der Waals surface area (Å²) in [6.07, 6.45) is 16.9. The van der Waals surface area contributed by atoms with Crippen molar-refractivity contribution in [2.24, 2.45) is 5.10 Å². The minimum Gasteiger partial charge on any atom is -0.273 e. The molecule has 0 aromatic carbocycles. The molecule has 0 aliphatic heterocycles. The smallest absolute Gasteiger partial charge is 0.240 e. The van der Waals surface area contributed by atoms with Gasteiger partial charge in [0, 0.05) is 18.8 Å². The Bertz CT molecular complexity index is 418.